The predicted molar refractivity (Wildman–Crippen MR) is 105 cm³/mol. The van der Waals surface area contributed by atoms with Crippen molar-refractivity contribution in [2.24, 2.45) is 0 Å². The lowest BCUT2D eigenvalue weighted by Crippen LogP contribution is -2.61. The number of nitriles is 1. The van der Waals surface area contributed by atoms with Crippen LogP contribution < -0.4 is 10.1 Å². The van der Waals surface area contributed by atoms with Crippen LogP contribution in [0.15, 0.2) is 24.3 Å². The number of likely N-dealkylation sites (tertiary alicyclic amines) is 1. The summed E-state index contributed by atoms with van der Waals surface area (Å²) in [7, 11) is -2.48. The minimum absolute atomic E-state index is 0.281. The molecule has 10 heteroatoms. The molecule has 0 unspecified atom stereocenters. The van der Waals surface area contributed by atoms with Gasteiger partial charge in [-0.3, -0.25) is 4.79 Å². The maximum Gasteiger partial charge on any atom is 0.405 e. The fourth-order valence-electron chi connectivity index (χ4n) is 3.29. The summed E-state index contributed by atoms with van der Waals surface area (Å²) in [5, 5.41) is 20.5. The lowest BCUT2D eigenvalue weighted by atomic mass is 10.0. The van der Waals surface area contributed by atoms with Crippen LogP contribution in [0.3, 0.4) is 0 Å². The van der Waals surface area contributed by atoms with Crippen molar-refractivity contribution >= 4 is 21.8 Å². The third-order valence-corrected chi connectivity index (χ3v) is 7.76. The minimum Gasteiger partial charge on any atom is -0.497 e. The van der Waals surface area contributed by atoms with E-state index in [1.165, 1.54) is 25.9 Å². The molecule has 0 radical (unpaired) electrons. The van der Waals surface area contributed by atoms with E-state index >= 15 is 0 Å². The van der Waals surface area contributed by atoms with Gasteiger partial charge in [-0.1, -0.05) is 12.1 Å². The Bertz CT molecular complexity index is 905. The van der Waals surface area contributed by atoms with Crippen LogP contribution >= 0.6 is 0 Å². The minimum atomic E-state index is -3.97. The molecule has 2 N–H and O–H groups in total. The molecule has 158 valence electrons. The standard InChI is InChI=1S/C19H25N3O6S/c1-19(2,29(26,27)12-13-6-8-15(28-3)9-7-13)16(21-18(24)25)17(23)22-10-4-5-14(22)11-20/h6-9,14,16,21H,4-5,10,12H2,1-3H3,(H,24,25)/t14-,16+/m0/s1. The van der Waals surface area contributed by atoms with Crippen LogP contribution in [0.4, 0.5) is 4.79 Å². The summed E-state index contributed by atoms with van der Waals surface area (Å²) in [6.07, 6.45) is -0.437. The van der Waals surface area contributed by atoms with Gasteiger partial charge in [0.15, 0.2) is 9.84 Å². The number of carbonyl (C=O) groups is 2. The average Bonchev–Trinajstić information content (AvgIpc) is 3.14. The highest BCUT2D eigenvalue weighted by atomic mass is 32.2. The molecule has 2 amide bonds. The summed E-state index contributed by atoms with van der Waals surface area (Å²) in [6.45, 7) is 2.92. The van der Waals surface area contributed by atoms with Crippen molar-refractivity contribution in [3.63, 3.8) is 0 Å². The molecule has 1 saturated heterocycles. The fraction of sp³-hybridized carbons (Fsp3) is 0.526. The molecule has 1 aromatic carbocycles. The van der Waals surface area contributed by atoms with Crippen molar-refractivity contribution in [3.05, 3.63) is 29.8 Å². The van der Waals surface area contributed by atoms with Gasteiger partial charge in [0.1, 0.15) is 17.8 Å². The molecule has 1 aliphatic rings. The van der Waals surface area contributed by atoms with E-state index in [0.717, 1.165) is 0 Å². The van der Waals surface area contributed by atoms with Crippen molar-refractivity contribution in [1.29, 1.82) is 5.26 Å². The van der Waals surface area contributed by atoms with E-state index in [4.69, 9.17) is 4.74 Å². The Morgan fingerprint density at radius 2 is 2.00 bits per heavy atom. The van der Waals surface area contributed by atoms with Gasteiger partial charge in [-0.05, 0) is 44.4 Å². The molecule has 2 rings (SSSR count). The zero-order valence-corrected chi connectivity index (χ0v) is 17.4. The number of nitrogens with zero attached hydrogens (tertiary/aromatic N) is 2. The van der Waals surface area contributed by atoms with E-state index in [1.54, 1.807) is 24.3 Å². The number of methoxy groups -OCH3 is 1. The number of nitrogens with one attached hydrogen (secondary N) is 1. The summed E-state index contributed by atoms with van der Waals surface area (Å²) >= 11 is 0. The Morgan fingerprint density at radius 3 is 2.52 bits per heavy atom. The fourth-order valence-corrected chi connectivity index (χ4v) is 4.82. The average molecular weight is 423 g/mol. The first kappa shape index (κ1) is 22.5. The molecule has 1 heterocycles. The van der Waals surface area contributed by atoms with E-state index in [0.29, 0.717) is 24.2 Å². The van der Waals surface area contributed by atoms with Crippen molar-refractivity contribution in [2.45, 2.75) is 49.3 Å². The van der Waals surface area contributed by atoms with Crippen molar-refractivity contribution < 1.29 is 27.9 Å². The number of sulfone groups is 1. The van der Waals surface area contributed by atoms with Crippen LogP contribution in [0.5, 0.6) is 5.75 Å². The Balaban J connectivity index is 2.35. The molecule has 0 aliphatic carbocycles. The number of benzene rings is 1. The summed E-state index contributed by atoms with van der Waals surface area (Å²) in [4.78, 5) is 25.6. The van der Waals surface area contributed by atoms with Gasteiger partial charge in [-0.15, -0.1) is 0 Å². The summed E-state index contributed by atoms with van der Waals surface area (Å²) in [5.41, 5.74) is 0.483. The lowest BCUT2D eigenvalue weighted by Gasteiger charge is -2.35. The van der Waals surface area contributed by atoms with Crippen molar-refractivity contribution in [1.82, 2.24) is 10.2 Å². The van der Waals surface area contributed by atoms with Gasteiger partial charge in [-0.2, -0.15) is 5.26 Å². The number of ether oxygens (including phenoxy) is 1. The quantitative estimate of drug-likeness (QED) is 0.678. The van der Waals surface area contributed by atoms with E-state index in [2.05, 4.69) is 5.32 Å². The molecule has 1 aromatic rings. The number of hydrogen-bond acceptors (Lipinski definition) is 6. The third kappa shape index (κ3) is 4.79. The molecule has 0 aromatic heterocycles. The Morgan fingerprint density at radius 1 is 1.38 bits per heavy atom. The number of carboxylic acid groups (broad SMARTS) is 1. The number of hydrogen-bond donors (Lipinski definition) is 2. The normalized spacial score (nSPS) is 18.0. The number of amides is 2. The van der Waals surface area contributed by atoms with Crippen molar-refractivity contribution in [2.75, 3.05) is 13.7 Å². The molecule has 2 atom stereocenters. The van der Waals surface area contributed by atoms with Crippen LogP contribution in [0, 0.1) is 11.3 Å². The van der Waals surface area contributed by atoms with Crippen LogP contribution in [-0.2, 0) is 20.4 Å². The number of rotatable bonds is 7. The highest BCUT2D eigenvalue weighted by Gasteiger charge is 2.49. The molecule has 0 spiro atoms. The SMILES string of the molecule is COc1ccc(CS(=O)(=O)C(C)(C)[C@H](NC(=O)O)C(=O)N2CCC[C@H]2C#N)cc1. The van der Waals surface area contributed by atoms with Gasteiger partial charge in [0.05, 0.1) is 23.7 Å². The molecule has 9 nitrogen and oxygen atoms in total. The van der Waals surface area contributed by atoms with Crippen molar-refractivity contribution in [3.8, 4) is 11.8 Å². The molecular formula is C19H25N3O6S. The van der Waals surface area contributed by atoms with E-state index in [-0.39, 0.29) is 12.3 Å². The van der Waals surface area contributed by atoms with E-state index < -0.39 is 38.7 Å². The van der Waals surface area contributed by atoms with Gasteiger partial charge in [0, 0.05) is 6.54 Å². The highest BCUT2D eigenvalue weighted by molar-refractivity contribution is 7.92. The predicted octanol–water partition coefficient (Wildman–Crippen LogP) is 1.54. The van der Waals surface area contributed by atoms with E-state index in [1.807, 2.05) is 6.07 Å². The molecular weight excluding hydrogens is 398 g/mol. The molecule has 1 fully saturated rings. The topological polar surface area (TPSA) is 137 Å². The summed E-state index contributed by atoms with van der Waals surface area (Å²) < 4.78 is 29.7. The van der Waals surface area contributed by atoms with Gasteiger partial charge >= 0.3 is 6.09 Å². The Hall–Kier alpha value is -2.80. The van der Waals surface area contributed by atoms with Gasteiger partial charge < -0.3 is 20.1 Å². The monoisotopic (exact) mass is 423 g/mol. The van der Waals surface area contributed by atoms with Crippen LogP contribution in [0.2, 0.25) is 0 Å². The van der Waals surface area contributed by atoms with Gasteiger partial charge in [0.25, 0.3) is 0 Å². The number of carbonyl (C=O) groups excluding carboxylic acids is 1. The highest BCUT2D eigenvalue weighted by Crippen LogP contribution is 2.29. The lowest BCUT2D eigenvalue weighted by molar-refractivity contribution is -0.134. The molecule has 29 heavy (non-hydrogen) atoms. The second-order valence-corrected chi connectivity index (χ2v) is 9.98. The first-order valence-electron chi connectivity index (χ1n) is 9.08. The zero-order valence-electron chi connectivity index (χ0n) is 16.6. The smallest absolute Gasteiger partial charge is 0.405 e. The second kappa shape index (κ2) is 8.69. The second-order valence-electron chi connectivity index (χ2n) is 7.41. The maximum absolute atomic E-state index is 13.2. The zero-order chi connectivity index (χ0) is 21.8. The van der Waals surface area contributed by atoms with Crippen LogP contribution in [0.25, 0.3) is 0 Å². The summed E-state index contributed by atoms with van der Waals surface area (Å²) in [5.74, 6) is -0.515. The third-order valence-electron chi connectivity index (χ3n) is 5.21. The first-order valence-corrected chi connectivity index (χ1v) is 10.7. The summed E-state index contributed by atoms with van der Waals surface area (Å²) in [6, 6.07) is 6.21. The van der Waals surface area contributed by atoms with Gasteiger partial charge in [0.2, 0.25) is 5.91 Å². The molecule has 1 aliphatic heterocycles. The molecule has 0 saturated carbocycles. The first-order chi connectivity index (χ1) is 13.5. The van der Waals surface area contributed by atoms with Crippen LogP contribution in [-0.4, -0.2) is 60.9 Å². The van der Waals surface area contributed by atoms with E-state index in [9.17, 15) is 28.4 Å². The Labute approximate surface area is 170 Å². The maximum atomic E-state index is 13.2. The molecule has 0 bridgehead atoms. The van der Waals surface area contributed by atoms with Gasteiger partial charge in [-0.25, -0.2) is 13.2 Å². The largest absolute Gasteiger partial charge is 0.497 e. The Kier molecular flexibility index (Phi) is 6.74. The van der Waals surface area contributed by atoms with Crippen LogP contribution in [0.1, 0.15) is 32.3 Å².